The lowest BCUT2D eigenvalue weighted by Gasteiger charge is -2.12. The van der Waals surface area contributed by atoms with E-state index in [4.69, 9.17) is 0 Å². The molecule has 0 bridgehead atoms. The molecule has 0 aliphatic rings. The molecule has 1 unspecified atom stereocenters. The second kappa shape index (κ2) is 2.58. The molecule has 0 saturated heterocycles. The van der Waals surface area contributed by atoms with Crippen molar-refractivity contribution in [2.24, 2.45) is 0 Å². The molecule has 0 saturated carbocycles. The fourth-order valence-corrected chi connectivity index (χ4v) is 0.335. The van der Waals surface area contributed by atoms with E-state index in [2.05, 4.69) is 12.6 Å². The van der Waals surface area contributed by atoms with Crippen LogP contribution in [-0.4, -0.2) is 11.4 Å². The lowest BCUT2D eigenvalue weighted by molar-refractivity contribution is 0.00595. The first kappa shape index (κ1) is 7.31. The van der Waals surface area contributed by atoms with Gasteiger partial charge in [0.25, 0.3) is 0 Å². The Hall–Kier alpha value is 0.310. The van der Waals surface area contributed by atoms with Gasteiger partial charge in [-0.3, -0.25) is 0 Å². The first-order valence-corrected chi connectivity index (χ1v) is 3.07. The van der Waals surface area contributed by atoms with Gasteiger partial charge >= 0.3 is 0 Å². The van der Waals surface area contributed by atoms with E-state index in [0.717, 1.165) is 0 Å². The average molecular weight is 119 g/mol. The van der Waals surface area contributed by atoms with E-state index in [1.165, 1.54) is 0 Å². The van der Waals surface area contributed by atoms with Crippen LogP contribution in [0, 0.1) is 0 Å². The average Bonchev–Trinajstić information content (AvgIpc) is 1.68. The van der Waals surface area contributed by atoms with Gasteiger partial charge in [0, 0.05) is 5.75 Å². The van der Waals surface area contributed by atoms with Gasteiger partial charge in [0.15, 0.2) is 0 Å². The maximum atomic E-state index is 10.8. The first-order valence-electron chi connectivity index (χ1n) is 2.43. The fraction of sp³-hybridized carbons (Fsp3) is 1.00. The van der Waals surface area contributed by atoms with Crippen LogP contribution in [0.25, 0.3) is 0 Å². The summed E-state index contributed by atoms with van der Waals surface area (Å²) in [6.07, 6.45) is 0.663. The van der Waals surface area contributed by atoms with E-state index in [0.29, 0.717) is 12.2 Å². The van der Waals surface area contributed by atoms with E-state index in [9.17, 15) is 5.11 Å². The summed E-state index contributed by atoms with van der Waals surface area (Å²) in [7, 11) is 0. The molecule has 0 aliphatic heterocycles. The van der Waals surface area contributed by atoms with Crippen LogP contribution >= 0.6 is 12.6 Å². The second-order valence-corrected chi connectivity index (χ2v) is 2.28. The fourth-order valence-electron chi connectivity index (χ4n) is 0.112. The Kier molecular flexibility index (Phi) is 2.69. The van der Waals surface area contributed by atoms with Crippen molar-refractivity contribution in [3.8, 4) is 0 Å². The minimum atomic E-state index is -0.802. The molecular weight excluding hydrogens is 108 g/mol. The molecule has 0 aromatic rings. The Balaban J connectivity index is 3.36. The Morgan fingerprint density at radius 3 is 2.14 bits per heavy atom. The molecule has 1 atom stereocenters. The van der Waals surface area contributed by atoms with Crippen molar-refractivity contribution in [1.29, 1.82) is 0 Å². The van der Waals surface area contributed by atoms with E-state index in [-0.39, 0.29) is 0 Å². The molecule has 0 N–H and O–H groups in total. The van der Waals surface area contributed by atoms with E-state index < -0.39 is 5.60 Å². The van der Waals surface area contributed by atoms with Crippen LogP contribution in [0.5, 0.6) is 0 Å². The largest absolute Gasteiger partial charge is 0.229 e. The summed E-state index contributed by atoms with van der Waals surface area (Å²) in [5.41, 5.74) is -0.802. The van der Waals surface area contributed by atoms with Gasteiger partial charge in [-0.25, -0.2) is 5.11 Å². The zero-order valence-electron chi connectivity index (χ0n) is 4.77. The predicted octanol–water partition coefficient (Wildman–Crippen LogP) is 1.52. The van der Waals surface area contributed by atoms with Crippen LogP contribution < -0.4 is 0 Å². The maximum Gasteiger partial charge on any atom is 0.109 e. The van der Waals surface area contributed by atoms with Crippen molar-refractivity contribution in [3.63, 3.8) is 0 Å². The van der Waals surface area contributed by atoms with E-state index in [1.807, 2.05) is 6.92 Å². The molecule has 43 valence electrons. The minimum Gasteiger partial charge on any atom is -0.229 e. The van der Waals surface area contributed by atoms with Crippen LogP contribution in [0.4, 0.5) is 0 Å². The first-order chi connectivity index (χ1) is 3.12. The van der Waals surface area contributed by atoms with E-state index in [1.54, 1.807) is 6.92 Å². The third-order valence-corrected chi connectivity index (χ3v) is 1.75. The van der Waals surface area contributed by atoms with Crippen molar-refractivity contribution in [3.05, 3.63) is 0 Å². The highest BCUT2D eigenvalue weighted by Gasteiger charge is 2.16. The quantitative estimate of drug-likeness (QED) is 0.532. The normalized spacial score (nSPS) is 18.9. The van der Waals surface area contributed by atoms with Crippen LogP contribution in [0.15, 0.2) is 0 Å². The molecule has 2 heteroatoms. The molecule has 0 aliphatic carbocycles. The molecule has 0 spiro atoms. The molecule has 1 radical (unpaired) electrons. The van der Waals surface area contributed by atoms with Gasteiger partial charge in [-0.1, -0.05) is 6.92 Å². The Morgan fingerprint density at radius 2 is 2.14 bits per heavy atom. The predicted molar refractivity (Wildman–Crippen MR) is 33.2 cm³/mol. The molecule has 0 amide bonds. The Bertz CT molecular complexity index is 46.0. The molecule has 0 fully saturated rings. The lowest BCUT2D eigenvalue weighted by atomic mass is 10.1. The summed E-state index contributed by atoms with van der Waals surface area (Å²) in [4.78, 5) is 0. The number of hydrogen-bond acceptors (Lipinski definition) is 1. The van der Waals surface area contributed by atoms with Crippen molar-refractivity contribution in [2.45, 2.75) is 25.9 Å². The van der Waals surface area contributed by atoms with Gasteiger partial charge in [-0.15, -0.1) is 0 Å². The topological polar surface area (TPSA) is 19.9 Å². The molecule has 0 rings (SSSR count). The van der Waals surface area contributed by atoms with Crippen molar-refractivity contribution in [1.82, 2.24) is 0 Å². The third-order valence-electron chi connectivity index (χ3n) is 1.08. The van der Waals surface area contributed by atoms with Crippen molar-refractivity contribution < 1.29 is 5.11 Å². The number of thiol groups is 1. The lowest BCUT2D eigenvalue weighted by Crippen LogP contribution is -2.22. The molecule has 0 heterocycles. The summed E-state index contributed by atoms with van der Waals surface area (Å²) < 4.78 is 0. The minimum absolute atomic E-state index is 0.434. The highest BCUT2D eigenvalue weighted by Crippen LogP contribution is 2.09. The van der Waals surface area contributed by atoms with Crippen LogP contribution in [0.3, 0.4) is 0 Å². The van der Waals surface area contributed by atoms with Crippen LogP contribution in [-0.2, 0) is 5.11 Å². The summed E-state index contributed by atoms with van der Waals surface area (Å²) >= 11 is 3.87. The van der Waals surface area contributed by atoms with E-state index >= 15 is 0 Å². The molecule has 7 heavy (non-hydrogen) atoms. The standard InChI is InChI=1S/C5H11OS/c1-3-5(2,6)4-7/h7H,3-4H2,1-2H3. The van der Waals surface area contributed by atoms with Gasteiger partial charge in [-0.2, -0.15) is 12.6 Å². The SMILES string of the molecule is CCC(C)([O])CS. The summed E-state index contributed by atoms with van der Waals surface area (Å²) in [5, 5.41) is 10.8. The number of hydrogen-bond donors (Lipinski definition) is 1. The van der Waals surface area contributed by atoms with Gasteiger partial charge in [0.05, 0.1) is 0 Å². The maximum absolute atomic E-state index is 10.8. The van der Waals surface area contributed by atoms with Crippen LogP contribution in [0.1, 0.15) is 20.3 Å². The molecule has 1 nitrogen and oxygen atoms in total. The highest BCUT2D eigenvalue weighted by atomic mass is 32.1. The highest BCUT2D eigenvalue weighted by molar-refractivity contribution is 7.80. The molecule has 0 aromatic carbocycles. The number of rotatable bonds is 2. The summed E-state index contributed by atoms with van der Waals surface area (Å²) in [6, 6.07) is 0. The Labute approximate surface area is 50.1 Å². The van der Waals surface area contributed by atoms with Crippen molar-refractivity contribution >= 4 is 12.6 Å². The zero-order chi connectivity index (χ0) is 5.91. The van der Waals surface area contributed by atoms with Gasteiger partial charge in [0.1, 0.15) is 5.60 Å². The molecule has 0 aromatic heterocycles. The summed E-state index contributed by atoms with van der Waals surface area (Å²) in [5.74, 6) is 0.434. The Morgan fingerprint density at radius 1 is 1.71 bits per heavy atom. The van der Waals surface area contributed by atoms with Gasteiger partial charge < -0.3 is 0 Å². The van der Waals surface area contributed by atoms with Crippen molar-refractivity contribution in [2.75, 3.05) is 5.75 Å². The monoisotopic (exact) mass is 119 g/mol. The van der Waals surface area contributed by atoms with Gasteiger partial charge in [0.2, 0.25) is 0 Å². The van der Waals surface area contributed by atoms with Crippen LogP contribution in [0.2, 0.25) is 0 Å². The zero-order valence-corrected chi connectivity index (χ0v) is 5.66. The molecular formula is C5H11OS. The second-order valence-electron chi connectivity index (χ2n) is 1.96. The smallest absolute Gasteiger partial charge is 0.109 e. The summed E-state index contributed by atoms with van der Waals surface area (Å²) in [6.45, 7) is 3.54. The third kappa shape index (κ3) is 2.94. The van der Waals surface area contributed by atoms with Gasteiger partial charge in [-0.05, 0) is 13.3 Å².